The molecular weight excluding hydrogens is 376 g/mol. The van der Waals surface area contributed by atoms with E-state index in [-0.39, 0.29) is 19.2 Å². The molecule has 0 rings (SSSR count). The fourth-order valence-electron chi connectivity index (χ4n) is 3.27. The van der Waals surface area contributed by atoms with Gasteiger partial charge in [-0.1, -0.05) is 104 Å². The second kappa shape index (κ2) is 22.8. The van der Waals surface area contributed by atoms with Gasteiger partial charge < -0.3 is 14.6 Å². The lowest BCUT2D eigenvalue weighted by Gasteiger charge is -2.11. The van der Waals surface area contributed by atoms with Gasteiger partial charge in [-0.05, 0) is 25.2 Å². The zero-order valence-electron chi connectivity index (χ0n) is 20.2. The monoisotopic (exact) mass is 426 g/mol. The SMILES string of the molecule is CCCCCCCCCCCCCCC/C=C\C(=O)OC[C@H](O)COCCC(C)C. The van der Waals surface area contributed by atoms with Crippen molar-refractivity contribution < 1.29 is 19.4 Å². The van der Waals surface area contributed by atoms with Crippen molar-refractivity contribution in [2.24, 2.45) is 5.92 Å². The largest absolute Gasteiger partial charge is 0.460 e. The molecule has 0 aromatic rings. The van der Waals surface area contributed by atoms with Gasteiger partial charge in [-0.25, -0.2) is 4.79 Å². The van der Waals surface area contributed by atoms with E-state index in [1.165, 1.54) is 83.1 Å². The third-order valence-corrected chi connectivity index (χ3v) is 5.30. The molecule has 0 aromatic carbocycles. The van der Waals surface area contributed by atoms with Crippen molar-refractivity contribution in [3.05, 3.63) is 12.2 Å². The van der Waals surface area contributed by atoms with Gasteiger partial charge in [0.2, 0.25) is 0 Å². The number of allylic oxidation sites excluding steroid dienone is 1. The van der Waals surface area contributed by atoms with Crippen LogP contribution in [0.15, 0.2) is 12.2 Å². The van der Waals surface area contributed by atoms with Gasteiger partial charge in [-0.15, -0.1) is 0 Å². The molecule has 1 N–H and O–H groups in total. The number of ether oxygens (including phenoxy) is 2. The topological polar surface area (TPSA) is 55.8 Å². The minimum Gasteiger partial charge on any atom is -0.460 e. The second-order valence-electron chi connectivity index (χ2n) is 8.97. The van der Waals surface area contributed by atoms with E-state index in [2.05, 4.69) is 20.8 Å². The van der Waals surface area contributed by atoms with Crippen LogP contribution in [0.4, 0.5) is 0 Å². The summed E-state index contributed by atoms with van der Waals surface area (Å²) >= 11 is 0. The molecule has 0 aromatic heterocycles. The highest BCUT2D eigenvalue weighted by Gasteiger charge is 2.07. The third kappa shape index (κ3) is 23.4. The van der Waals surface area contributed by atoms with E-state index in [1.807, 2.05) is 6.08 Å². The number of hydrogen-bond acceptors (Lipinski definition) is 4. The molecule has 0 radical (unpaired) electrons. The van der Waals surface area contributed by atoms with Crippen LogP contribution in [0.3, 0.4) is 0 Å². The maximum atomic E-state index is 11.6. The first-order valence-corrected chi connectivity index (χ1v) is 12.6. The predicted molar refractivity (Wildman–Crippen MR) is 127 cm³/mol. The van der Waals surface area contributed by atoms with Crippen LogP contribution < -0.4 is 0 Å². The third-order valence-electron chi connectivity index (χ3n) is 5.30. The standard InChI is InChI=1S/C26H50O4/c1-4-5-6-7-8-9-10-11-12-13-14-15-16-17-18-19-26(28)30-23-25(27)22-29-21-20-24(2)3/h18-19,24-25,27H,4-17,20-23H2,1-3H3/b19-18-/t25-/m1/s1. The van der Waals surface area contributed by atoms with Crippen LogP contribution in [0.1, 0.15) is 117 Å². The van der Waals surface area contributed by atoms with Gasteiger partial charge >= 0.3 is 5.97 Å². The first kappa shape index (κ1) is 29.1. The minimum absolute atomic E-state index is 0.0103. The number of unbranched alkanes of at least 4 members (excludes halogenated alkanes) is 13. The van der Waals surface area contributed by atoms with Crippen LogP contribution in [0, 0.1) is 5.92 Å². The molecule has 0 aliphatic heterocycles. The van der Waals surface area contributed by atoms with E-state index in [4.69, 9.17) is 9.47 Å². The number of hydrogen-bond donors (Lipinski definition) is 1. The smallest absolute Gasteiger partial charge is 0.330 e. The summed E-state index contributed by atoms with van der Waals surface area (Å²) in [5.41, 5.74) is 0. The van der Waals surface area contributed by atoms with Gasteiger partial charge in [0.1, 0.15) is 12.7 Å². The lowest BCUT2D eigenvalue weighted by Crippen LogP contribution is -2.23. The Bertz CT molecular complexity index is 392. The van der Waals surface area contributed by atoms with Crippen LogP contribution in [0.2, 0.25) is 0 Å². The van der Waals surface area contributed by atoms with Crippen LogP contribution in [-0.4, -0.2) is 37.0 Å². The molecule has 0 fully saturated rings. The number of carbonyl (C=O) groups excluding carboxylic acids is 1. The number of aliphatic hydroxyl groups is 1. The average molecular weight is 427 g/mol. The van der Waals surface area contributed by atoms with E-state index < -0.39 is 6.10 Å². The van der Waals surface area contributed by atoms with Crippen molar-refractivity contribution >= 4 is 5.97 Å². The van der Waals surface area contributed by atoms with Crippen molar-refractivity contribution in [3.8, 4) is 0 Å². The van der Waals surface area contributed by atoms with E-state index in [9.17, 15) is 9.90 Å². The van der Waals surface area contributed by atoms with Gasteiger partial charge in [-0.2, -0.15) is 0 Å². The summed E-state index contributed by atoms with van der Waals surface area (Å²) in [5.74, 6) is 0.200. The highest BCUT2D eigenvalue weighted by Crippen LogP contribution is 2.13. The van der Waals surface area contributed by atoms with Crippen LogP contribution >= 0.6 is 0 Å². The first-order chi connectivity index (χ1) is 14.6. The average Bonchev–Trinajstić information content (AvgIpc) is 2.72. The van der Waals surface area contributed by atoms with Crippen LogP contribution in [-0.2, 0) is 14.3 Å². The highest BCUT2D eigenvalue weighted by atomic mass is 16.5. The van der Waals surface area contributed by atoms with Gasteiger partial charge in [-0.3, -0.25) is 0 Å². The molecule has 0 aliphatic carbocycles. The maximum absolute atomic E-state index is 11.6. The van der Waals surface area contributed by atoms with Gasteiger partial charge in [0.25, 0.3) is 0 Å². The molecule has 0 aliphatic rings. The van der Waals surface area contributed by atoms with E-state index in [0.29, 0.717) is 12.5 Å². The molecule has 0 saturated heterocycles. The zero-order chi connectivity index (χ0) is 22.3. The molecule has 0 bridgehead atoms. The Morgan fingerprint density at radius 1 is 0.833 bits per heavy atom. The molecule has 30 heavy (non-hydrogen) atoms. The minimum atomic E-state index is -0.754. The van der Waals surface area contributed by atoms with Crippen LogP contribution in [0.5, 0.6) is 0 Å². The van der Waals surface area contributed by atoms with E-state index in [1.54, 1.807) is 0 Å². The first-order valence-electron chi connectivity index (χ1n) is 12.6. The Morgan fingerprint density at radius 3 is 1.90 bits per heavy atom. The summed E-state index contributed by atoms with van der Waals surface area (Å²) in [4.78, 5) is 11.6. The van der Waals surface area contributed by atoms with Crippen molar-refractivity contribution in [1.82, 2.24) is 0 Å². The quantitative estimate of drug-likeness (QED) is 0.115. The fourth-order valence-corrected chi connectivity index (χ4v) is 3.27. The molecule has 4 heteroatoms. The van der Waals surface area contributed by atoms with Gasteiger partial charge in [0.15, 0.2) is 0 Å². The van der Waals surface area contributed by atoms with Gasteiger partial charge in [0.05, 0.1) is 6.61 Å². The van der Waals surface area contributed by atoms with Gasteiger partial charge in [0, 0.05) is 12.7 Å². The Hall–Kier alpha value is -0.870. The molecule has 0 spiro atoms. The molecule has 0 unspecified atom stereocenters. The van der Waals surface area contributed by atoms with E-state index in [0.717, 1.165) is 19.3 Å². The lowest BCUT2D eigenvalue weighted by atomic mass is 10.0. The Balaban J connectivity index is 3.36. The molecule has 178 valence electrons. The van der Waals surface area contributed by atoms with Crippen molar-refractivity contribution in [3.63, 3.8) is 0 Å². The molecular formula is C26H50O4. The predicted octanol–water partition coefficient (Wildman–Crippen LogP) is 6.99. The zero-order valence-corrected chi connectivity index (χ0v) is 20.2. The number of rotatable bonds is 22. The lowest BCUT2D eigenvalue weighted by molar-refractivity contribution is -0.141. The Morgan fingerprint density at radius 2 is 1.37 bits per heavy atom. The number of carbonyl (C=O) groups is 1. The summed E-state index contributed by atoms with van der Waals surface area (Å²) in [6.07, 6.45) is 22.0. The molecule has 4 nitrogen and oxygen atoms in total. The highest BCUT2D eigenvalue weighted by molar-refractivity contribution is 5.81. The summed E-state index contributed by atoms with van der Waals surface area (Å²) in [6, 6.07) is 0. The Labute approximate surface area is 186 Å². The van der Waals surface area contributed by atoms with Crippen molar-refractivity contribution in [2.45, 2.75) is 123 Å². The molecule has 0 saturated carbocycles. The molecule has 0 heterocycles. The molecule has 0 amide bonds. The van der Waals surface area contributed by atoms with Crippen LogP contribution in [0.25, 0.3) is 0 Å². The normalized spacial score (nSPS) is 12.7. The summed E-state index contributed by atoms with van der Waals surface area (Å²) in [7, 11) is 0. The summed E-state index contributed by atoms with van der Waals surface area (Å²) in [6.45, 7) is 7.36. The van der Waals surface area contributed by atoms with E-state index >= 15 is 0 Å². The Kier molecular flexibility index (Phi) is 22.1. The maximum Gasteiger partial charge on any atom is 0.330 e. The summed E-state index contributed by atoms with van der Waals surface area (Å²) in [5, 5.41) is 9.74. The van der Waals surface area contributed by atoms with Crippen molar-refractivity contribution in [1.29, 1.82) is 0 Å². The molecule has 1 atom stereocenters. The number of aliphatic hydroxyl groups excluding tert-OH is 1. The summed E-state index contributed by atoms with van der Waals surface area (Å²) < 4.78 is 10.4. The fraction of sp³-hybridized carbons (Fsp3) is 0.885. The number of esters is 1. The van der Waals surface area contributed by atoms with Crippen molar-refractivity contribution in [2.75, 3.05) is 19.8 Å². The second-order valence-corrected chi connectivity index (χ2v) is 8.97.